The van der Waals surface area contributed by atoms with E-state index in [1.54, 1.807) is 12.1 Å². The Morgan fingerprint density at radius 2 is 2.17 bits per heavy atom. The molecule has 2 heterocycles. The number of rotatable bonds is 4. The van der Waals surface area contributed by atoms with Gasteiger partial charge in [-0.3, -0.25) is 4.79 Å². The van der Waals surface area contributed by atoms with Gasteiger partial charge in [-0.2, -0.15) is 0 Å². The number of carbonyl (C=O) groups is 1. The lowest BCUT2D eigenvalue weighted by Crippen LogP contribution is -2.09. The maximum atomic E-state index is 12.7. The Morgan fingerprint density at radius 3 is 2.83 bits per heavy atom. The highest BCUT2D eigenvalue weighted by Crippen LogP contribution is 2.29. The Balaban J connectivity index is 2.06. The van der Waals surface area contributed by atoms with Crippen LogP contribution in [0.5, 0.6) is 5.75 Å². The minimum Gasteiger partial charge on any atom is -0.482 e. The maximum Gasteiger partial charge on any atom is 0.341 e. The molecule has 23 heavy (non-hydrogen) atoms. The van der Waals surface area contributed by atoms with Crippen LogP contribution in [0.2, 0.25) is 0 Å². The molecule has 0 atom stereocenters. The molecule has 6 nitrogen and oxygen atoms in total. The van der Waals surface area contributed by atoms with E-state index in [-0.39, 0.29) is 5.43 Å². The summed E-state index contributed by atoms with van der Waals surface area (Å²) in [5.41, 5.74) is 1.46. The fraction of sp³-hybridized carbons (Fsp3) is 0.188. The van der Waals surface area contributed by atoms with Gasteiger partial charge in [0.1, 0.15) is 17.6 Å². The predicted octanol–water partition coefficient (Wildman–Crippen LogP) is 3.00. The summed E-state index contributed by atoms with van der Waals surface area (Å²) in [6.45, 7) is 3.29. The third-order valence-corrected chi connectivity index (χ3v) is 4.36. The largest absolute Gasteiger partial charge is 0.482 e. The molecule has 1 aromatic carbocycles. The second-order valence-corrected chi connectivity index (χ2v) is 6.17. The van der Waals surface area contributed by atoms with Gasteiger partial charge in [0.2, 0.25) is 5.43 Å². The Morgan fingerprint density at radius 1 is 1.39 bits per heavy atom. The van der Waals surface area contributed by atoms with Crippen molar-refractivity contribution < 1.29 is 19.1 Å². The number of benzene rings is 1. The summed E-state index contributed by atoms with van der Waals surface area (Å²) in [7, 11) is 0. The maximum absolute atomic E-state index is 12.7. The number of thiazole rings is 1. The van der Waals surface area contributed by atoms with Gasteiger partial charge in [-0.05, 0) is 26.0 Å². The lowest BCUT2D eigenvalue weighted by molar-refractivity contribution is -0.139. The number of ether oxygens (including phenoxy) is 1. The molecule has 0 bridgehead atoms. The van der Waals surface area contributed by atoms with E-state index >= 15 is 0 Å². The average molecular weight is 331 g/mol. The number of fused-ring (bicyclic) bond motifs is 1. The standard InChI is InChI=1S/C16H13NO5S/c1-8-16(23-9(2)17-8)12-6-22-13-5-10(21-7-14(18)19)3-4-11(13)15(12)20/h3-6H,7H2,1-2H3,(H,18,19). The summed E-state index contributed by atoms with van der Waals surface area (Å²) >= 11 is 1.44. The zero-order valence-electron chi connectivity index (χ0n) is 12.5. The van der Waals surface area contributed by atoms with E-state index in [4.69, 9.17) is 14.3 Å². The summed E-state index contributed by atoms with van der Waals surface area (Å²) in [6.07, 6.45) is 1.41. The van der Waals surface area contributed by atoms with Crippen LogP contribution in [0.1, 0.15) is 10.7 Å². The zero-order chi connectivity index (χ0) is 16.6. The van der Waals surface area contributed by atoms with Gasteiger partial charge in [0.25, 0.3) is 0 Å². The van der Waals surface area contributed by atoms with E-state index in [1.165, 1.54) is 23.7 Å². The molecular formula is C16H13NO5S. The number of aromatic nitrogens is 1. The van der Waals surface area contributed by atoms with Crippen LogP contribution < -0.4 is 10.2 Å². The van der Waals surface area contributed by atoms with Gasteiger partial charge in [0, 0.05) is 6.07 Å². The molecular weight excluding hydrogens is 318 g/mol. The molecule has 0 aliphatic rings. The molecule has 2 aromatic heterocycles. The molecule has 0 saturated carbocycles. The fourth-order valence-electron chi connectivity index (χ4n) is 2.28. The van der Waals surface area contributed by atoms with E-state index in [2.05, 4.69) is 4.98 Å². The third kappa shape index (κ3) is 2.95. The van der Waals surface area contributed by atoms with E-state index in [1.807, 2.05) is 13.8 Å². The molecule has 0 saturated heterocycles. The number of carboxylic acid groups (broad SMARTS) is 1. The molecule has 118 valence electrons. The van der Waals surface area contributed by atoms with Gasteiger partial charge in [-0.25, -0.2) is 9.78 Å². The van der Waals surface area contributed by atoms with Gasteiger partial charge in [-0.1, -0.05) is 0 Å². The molecule has 0 radical (unpaired) electrons. The van der Waals surface area contributed by atoms with Crippen LogP contribution in [-0.4, -0.2) is 22.7 Å². The number of aryl methyl sites for hydroxylation is 2. The number of carboxylic acids is 1. The van der Waals surface area contributed by atoms with Crippen LogP contribution in [0.25, 0.3) is 21.4 Å². The predicted molar refractivity (Wildman–Crippen MR) is 86.2 cm³/mol. The first-order chi connectivity index (χ1) is 11.0. The molecule has 0 spiro atoms. The van der Waals surface area contributed by atoms with Crippen LogP contribution >= 0.6 is 11.3 Å². The summed E-state index contributed by atoms with van der Waals surface area (Å²) in [6, 6.07) is 4.63. The summed E-state index contributed by atoms with van der Waals surface area (Å²) in [4.78, 5) is 28.3. The summed E-state index contributed by atoms with van der Waals surface area (Å²) < 4.78 is 10.6. The van der Waals surface area contributed by atoms with Crippen LogP contribution in [0.4, 0.5) is 0 Å². The van der Waals surface area contributed by atoms with Gasteiger partial charge in [0.15, 0.2) is 6.61 Å². The van der Waals surface area contributed by atoms with Crippen molar-refractivity contribution >= 4 is 28.3 Å². The van der Waals surface area contributed by atoms with Crippen LogP contribution in [-0.2, 0) is 4.79 Å². The van der Waals surface area contributed by atoms with Gasteiger partial charge in [0.05, 0.1) is 26.5 Å². The average Bonchev–Trinajstić information content (AvgIpc) is 2.84. The molecule has 3 aromatic rings. The zero-order valence-corrected chi connectivity index (χ0v) is 13.3. The molecule has 0 aliphatic carbocycles. The van der Waals surface area contributed by atoms with Crippen molar-refractivity contribution in [1.82, 2.24) is 4.98 Å². The summed E-state index contributed by atoms with van der Waals surface area (Å²) in [5, 5.41) is 9.92. The van der Waals surface area contributed by atoms with E-state index in [0.717, 1.165) is 15.6 Å². The van der Waals surface area contributed by atoms with Crippen molar-refractivity contribution in [3.8, 4) is 16.2 Å². The Labute approximate surface area is 135 Å². The van der Waals surface area contributed by atoms with Crippen molar-refractivity contribution in [2.75, 3.05) is 6.61 Å². The van der Waals surface area contributed by atoms with Crippen molar-refractivity contribution in [1.29, 1.82) is 0 Å². The smallest absolute Gasteiger partial charge is 0.341 e. The first-order valence-electron chi connectivity index (χ1n) is 6.80. The lowest BCUT2D eigenvalue weighted by Gasteiger charge is -2.05. The number of aliphatic carboxylic acids is 1. The number of hydrogen-bond donors (Lipinski definition) is 1. The van der Waals surface area contributed by atoms with Crippen LogP contribution in [0.15, 0.2) is 33.7 Å². The molecule has 0 aliphatic heterocycles. The highest BCUT2D eigenvalue weighted by molar-refractivity contribution is 7.15. The van der Waals surface area contributed by atoms with Crippen LogP contribution in [0.3, 0.4) is 0 Å². The second kappa shape index (κ2) is 5.85. The normalized spacial score (nSPS) is 10.9. The van der Waals surface area contributed by atoms with Crippen molar-refractivity contribution in [3.63, 3.8) is 0 Å². The fourth-order valence-corrected chi connectivity index (χ4v) is 3.20. The highest BCUT2D eigenvalue weighted by atomic mass is 32.1. The quantitative estimate of drug-likeness (QED) is 0.790. The molecule has 7 heteroatoms. The SMILES string of the molecule is Cc1nc(C)c(-c2coc3cc(OCC(=O)O)ccc3c2=O)s1. The highest BCUT2D eigenvalue weighted by Gasteiger charge is 2.15. The van der Waals surface area contributed by atoms with E-state index in [9.17, 15) is 9.59 Å². The lowest BCUT2D eigenvalue weighted by atomic mass is 10.1. The second-order valence-electron chi connectivity index (χ2n) is 4.97. The molecule has 0 fully saturated rings. The topological polar surface area (TPSA) is 89.6 Å². The minimum absolute atomic E-state index is 0.150. The van der Waals surface area contributed by atoms with Gasteiger partial charge >= 0.3 is 5.97 Å². The monoisotopic (exact) mass is 331 g/mol. The van der Waals surface area contributed by atoms with Crippen molar-refractivity contribution in [2.45, 2.75) is 13.8 Å². The Kier molecular flexibility index (Phi) is 3.87. The minimum atomic E-state index is -1.07. The first kappa shape index (κ1) is 15.2. The summed E-state index contributed by atoms with van der Waals surface area (Å²) in [5.74, 6) is -0.737. The van der Waals surface area contributed by atoms with E-state index in [0.29, 0.717) is 22.3 Å². The molecule has 0 amide bonds. The molecule has 1 N–H and O–H groups in total. The van der Waals surface area contributed by atoms with E-state index < -0.39 is 12.6 Å². The number of nitrogens with zero attached hydrogens (tertiary/aromatic N) is 1. The van der Waals surface area contributed by atoms with Gasteiger partial charge in [-0.15, -0.1) is 11.3 Å². The van der Waals surface area contributed by atoms with Crippen molar-refractivity contribution in [2.24, 2.45) is 0 Å². The molecule has 0 unspecified atom stereocenters. The number of hydrogen-bond acceptors (Lipinski definition) is 6. The van der Waals surface area contributed by atoms with Gasteiger partial charge < -0.3 is 14.3 Å². The first-order valence-corrected chi connectivity index (χ1v) is 7.62. The third-order valence-electron chi connectivity index (χ3n) is 3.26. The Hall–Kier alpha value is -2.67. The van der Waals surface area contributed by atoms with Crippen molar-refractivity contribution in [3.05, 3.63) is 45.4 Å². The Bertz CT molecular complexity index is 957. The molecule has 3 rings (SSSR count). The van der Waals surface area contributed by atoms with Crippen LogP contribution in [0, 0.1) is 13.8 Å².